The Morgan fingerprint density at radius 1 is 1.05 bits per heavy atom. The summed E-state index contributed by atoms with van der Waals surface area (Å²) in [5.41, 5.74) is -6.27. The molecule has 38 heavy (non-hydrogen) atoms. The molecular formula is C22H19F7N6O3. The zero-order valence-corrected chi connectivity index (χ0v) is 19.2. The normalized spacial score (nSPS) is 25.2. The van der Waals surface area contributed by atoms with Gasteiger partial charge in [0.2, 0.25) is 5.88 Å². The van der Waals surface area contributed by atoms with E-state index in [9.17, 15) is 27.1 Å². The van der Waals surface area contributed by atoms with E-state index in [4.69, 9.17) is 9.84 Å². The second-order valence-electron chi connectivity index (χ2n) is 9.77. The van der Waals surface area contributed by atoms with Gasteiger partial charge in [-0.15, -0.1) is 5.10 Å². The predicted molar refractivity (Wildman–Crippen MR) is 111 cm³/mol. The summed E-state index contributed by atoms with van der Waals surface area (Å²) in [6.07, 6.45) is -4.89. The lowest BCUT2D eigenvalue weighted by Gasteiger charge is -2.73. The maximum Gasteiger partial charge on any atom is 0.417 e. The van der Waals surface area contributed by atoms with Crippen molar-refractivity contribution in [1.29, 1.82) is 0 Å². The average Bonchev–Trinajstić information content (AvgIpc) is 3.28. The maximum atomic E-state index is 16.2. The zero-order valence-electron chi connectivity index (χ0n) is 19.2. The van der Waals surface area contributed by atoms with Gasteiger partial charge in [-0.2, -0.15) is 13.2 Å². The van der Waals surface area contributed by atoms with E-state index >= 15 is 8.78 Å². The molecule has 3 aliphatic carbocycles. The van der Waals surface area contributed by atoms with E-state index in [1.165, 1.54) is 6.20 Å². The van der Waals surface area contributed by atoms with Gasteiger partial charge in [0.05, 0.1) is 24.6 Å². The van der Waals surface area contributed by atoms with Gasteiger partial charge in [-0.3, -0.25) is 4.98 Å². The largest absolute Gasteiger partial charge is 0.473 e. The summed E-state index contributed by atoms with van der Waals surface area (Å²) in [4.78, 5) is 7.92. The van der Waals surface area contributed by atoms with Crippen molar-refractivity contribution in [2.45, 2.75) is 55.0 Å². The fourth-order valence-electron chi connectivity index (χ4n) is 5.42. The van der Waals surface area contributed by atoms with Gasteiger partial charge < -0.3 is 14.9 Å². The van der Waals surface area contributed by atoms with Crippen molar-refractivity contribution in [3.05, 3.63) is 59.8 Å². The Morgan fingerprint density at radius 2 is 1.76 bits per heavy atom. The van der Waals surface area contributed by atoms with Gasteiger partial charge in [0.25, 0.3) is 5.92 Å². The second-order valence-corrected chi connectivity index (χ2v) is 9.77. The Balaban J connectivity index is 1.35. The lowest BCUT2D eigenvalue weighted by molar-refractivity contribution is -0.348. The highest BCUT2D eigenvalue weighted by atomic mass is 19.4. The summed E-state index contributed by atoms with van der Waals surface area (Å²) in [6.45, 7) is -2.02. The lowest BCUT2D eigenvalue weighted by Crippen LogP contribution is -2.76. The maximum absolute atomic E-state index is 16.2. The van der Waals surface area contributed by atoms with E-state index in [1.807, 2.05) is 0 Å². The molecule has 0 spiro atoms. The summed E-state index contributed by atoms with van der Waals surface area (Å²) in [5.74, 6) is -6.61. The molecule has 3 saturated carbocycles. The third-order valence-electron chi connectivity index (χ3n) is 7.31. The van der Waals surface area contributed by atoms with Crippen LogP contribution in [0.25, 0.3) is 0 Å². The molecule has 0 aliphatic heterocycles. The molecule has 2 bridgehead atoms. The quantitative estimate of drug-likeness (QED) is 0.392. The van der Waals surface area contributed by atoms with Crippen molar-refractivity contribution in [2.24, 2.45) is 5.41 Å². The van der Waals surface area contributed by atoms with Gasteiger partial charge in [-0.25, -0.2) is 27.2 Å². The Bertz CT molecular complexity index is 1300. The zero-order chi connectivity index (χ0) is 27.6. The number of hydrogen-bond donors (Lipinski definition) is 2. The van der Waals surface area contributed by atoms with E-state index < -0.39 is 65.0 Å². The number of hydrogen-bond acceptors (Lipinski definition) is 8. The Morgan fingerprint density at radius 3 is 2.32 bits per heavy atom. The Hall–Kier alpha value is -3.40. The first kappa shape index (κ1) is 26.2. The number of halogens is 7. The molecule has 204 valence electrons. The fraction of sp³-hybridized carbons (Fsp3) is 0.500. The average molecular weight is 548 g/mol. The van der Waals surface area contributed by atoms with Gasteiger partial charge in [0, 0.05) is 22.5 Å². The summed E-state index contributed by atoms with van der Waals surface area (Å²) >= 11 is 0. The van der Waals surface area contributed by atoms with Crippen LogP contribution in [-0.4, -0.2) is 65.2 Å². The first-order chi connectivity index (χ1) is 17.7. The van der Waals surface area contributed by atoms with Gasteiger partial charge >= 0.3 is 6.18 Å². The minimum absolute atomic E-state index is 0.157. The van der Waals surface area contributed by atoms with Crippen molar-refractivity contribution in [2.75, 3.05) is 6.61 Å². The highest BCUT2D eigenvalue weighted by Gasteiger charge is 2.82. The minimum Gasteiger partial charge on any atom is -0.473 e. The SMILES string of the molecule is OC(COc1cnc(C23CC(C(F)(F)C(O)(Cn4cnnn4)c4ccc(F)cc4F)(C2)C3)cn1)C(F)(F)F. The van der Waals surface area contributed by atoms with Crippen LogP contribution < -0.4 is 4.74 Å². The summed E-state index contributed by atoms with van der Waals surface area (Å²) in [6, 6.07) is 1.91. The second kappa shape index (κ2) is 8.56. The van der Waals surface area contributed by atoms with Crippen LogP contribution >= 0.6 is 0 Å². The number of benzene rings is 1. The summed E-state index contributed by atoms with van der Waals surface area (Å²) < 4.78 is 103. The topological polar surface area (TPSA) is 119 Å². The van der Waals surface area contributed by atoms with Gasteiger partial charge in [-0.05, 0) is 41.8 Å². The minimum atomic E-state index is -4.87. The smallest absolute Gasteiger partial charge is 0.417 e. The van der Waals surface area contributed by atoms with Crippen molar-refractivity contribution in [3.8, 4) is 5.88 Å². The molecule has 1 aromatic carbocycles. The van der Waals surface area contributed by atoms with Crippen molar-refractivity contribution >= 4 is 0 Å². The Kier molecular flexibility index (Phi) is 5.90. The van der Waals surface area contributed by atoms with Crippen LogP contribution in [0.5, 0.6) is 5.88 Å². The number of tetrazole rings is 1. The number of aliphatic hydroxyl groups is 2. The first-order valence-electron chi connectivity index (χ1n) is 11.2. The molecule has 6 rings (SSSR count). The van der Waals surface area contributed by atoms with Crippen LogP contribution in [0.1, 0.15) is 30.5 Å². The molecule has 9 nitrogen and oxygen atoms in total. The molecule has 0 radical (unpaired) electrons. The first-order valence-corrected chi connectivity index (χ1v) is 11.2. The van der Waals surface area contributed by atoms with Gasteiger partial charge in [0.1, 0.15) is 24.6 Å². The number of alkyl halides is 5. The number of ether oxygens (including phenoxy) is 1. The fourth-order valence-corrected chi connectivity index (χ4v) is 5.42. The summed E-state index contributed by atoms with van der Waals surface area (Å²) in [7, 11) is 0. The Labute approximate surface area is 209 Å². The molecule has 3 aliphatic rings. The molecule has 16 heteroatoms. The molecule has 0 saturated heterocycles. The van der Waals surface area contributed by atoms with Crippen LogP contribution in [0.3, 0.4) is 0 Å². The van der Waals surface area contributed by atoms with Crippen molar-refractivity contribution < 1.29 is 45.7 Å². The number of rotatable bonds is 9. The van der Waals surface area contributed by atoms with Crippen molar-refractivity contribution in [1.82, 2.24) is 30.2 Å². The van der Waals surface area contributed by atoms with Crippen molar-refractivity contribution in [3.63, 3.8) is 0 Å². The summed E-state index contributed by atoms with van der Waals surface area (Å²) in [5, 5.41) is 30.5. The number of aliphatic hydroxyl groups excluding tert-OH is 1. The molecule has 2 heterocycles. The van der Waals surface area contributed by atoms with Crippen LogP contribution in [0.15, 0.2) is 36.9 Å². The third kappa shape index (κ3) is 3.97. The molecule has 0 amide bonds. The molecule has 2 N–H and O–H groups in total. The highest BCUT2D eigenvalue weighted by Crippen LogP contribution is 2.80. The molecule has 2 atom stereocenters. The van der Waals surface area contributed by atoms with E-state index in [-0.39, 0.29) is 30.8 Å². The van der Waals surface area contributed by atoms with Crippen LogP contribution in [0.4, 0.5) is 30.7 Å². The van der Waals surface area contributed by atoms with E-state index in [1.54, 1.807) is 0 Å². The van der Waals surface area contributed by atoms with Crippen LogP contribution in [-0.2, 0) is 17.6 Å². The number of nitrogens with zero attached hydrogens (tertiary/aromatic N) is 6. The predicted octanol–water partition coefficient (Wildman–Crippen LogP) is 2.69. The lowest BCUT2D eigenvalue weighted by atomic mass is 9.31. The van der Waals surface area contributed by atoms with Crippen LogP contribution in [0, 0.1) is 17.0 Å². The molecule has 2 aromatic heterocycles. The third-order valence-corrected chi connectivity index (χ3v) is 7.31. The standard InChI is InChI=1S/C22H19F7N6O3/c23-12-1-2-13(14(24)3-12)20(37,10-35-11-32-33-34-35)22(28,29)19-7-18(8-19,9-19)15-4-31-17(5-30-15)38-6-16(36)21(25,26)27/h1-5,11,16,36-37H,6-10H2. The van der Waals surface area contributed by atoms with Gasteiger partial charge in [-0.1, -0.05) is 0 Å². The van der Waals surface area contributed by atoms with E-state index in [0.717, 1.165) is 29.3 Å². The monoisotopic (exact) mass is 548 g/mol. The van der Waals surface area contributed by atoms with Gasteiger partial charge in [0.15, 0.2) is 11.7 Å². The van der Waals surface area contributed by atoms with E-state index in [0.29, 0.717) is 6.07 Å². The molecule has 2 unspecified atom stereocenters. The molecule has 3 fully saturated rings. The molecular weight excluding hydrogens is 529 g/mol. The number of aromatic nitrogens is 6. The van der Waals surface area contributed by atoms with Crippen LogP contribution in [0.2, 0.25) is 0 Å². The highest BCUT2D eigenvalue weighted by molar-refractivity contribution is 5.40. The van der Waals surface area contributed by atoms with E-state index in [2.05, 4.69) is 25.5 Å². The molecule has 3 aromatic rings.